The molecule has 0 spiro atoms. The van der Waals surface area contributed by atoms with Crippen LogP contribution >= 0.6 is 11.6 Å². The lowest BCUT2D eigenvalue weighted by Crippen LogP contribution is -2.44. The van der Waals surface area contributed by atoms with Crippen LogP contribution in [0.15, 0.2) is 23.0 Å². The maximum atomic E-state index is 13.8. The van der Waals surface area contributed by atoms with Crippen LogP contribution in [0, 0.1) is 6.92 Å². The van der Waals surface area contributed by atoms with Crippen molar-refractivity contribution in [3.63, 3.8) is 0 Å². The maximum Gasteiger partial charge on any atom is 0.309 e. The Morgan fingerprint density at radius 3 is 2.62 bits per heavy atom. The third-order valence-electron chi connectivity index (χ3n) is 8.32. The number of hydrogen-bond acceptors (Lipinski definition) is 7. The average Bonchev–Trinajstić information content (AvgIpc) is 3.17. The molecule has 3 aromatic rings. The Hall–Kier alpha value is -2.78. The molecule has 5 heterocycles. The smallest absolute Gasteiger partial charge is 0.309 e. The maximum absolute atomic E-state index is 13.8. The Bertz CT molecular complexity index is 1510. The number of esters is 1. The van der Waals surface area contributed by atoms with Gasteiger partial charge < -0.3 is 19.3 Å². The summed E-state index contributed by atoms with van der Waals surface area (Å²) >= 11 is 6.52. The third-order valence-corrected chi connectivity index (χ3v) is 8.73. The van der Waals surface area contributed by atoms with E-state index in [9.17, 15) is 14.7 Å². The topological polar surface area (TPSA) is 87.9 Å². The summed E-state index contributed by atoms with van der Waals surface area (Å²) in [5.41, 5.74) is 4.50. The van der Waals surface area contributed by atoms with E-state index in [0.717, 1.165) is 60.4 Å². The van der Waals surface area contributed by atoms with E-state index >= 15 is 0 Å². The van der Waals surface area contributed by atoms with Crippen molar-refractivity contribution in [1.82, 2.24) is 19.4 Å². The molecule has 3 aliphatic heterocycles. The van der Waals surface area contributed by atoms with E-state index in [1.807, 2.05) is 26.0 Å². The first kappa shape index (κ1) is 24.6. The van der Waals surface area contributed by atoms with E-state index < -0.39 is 11.6 Å². The molecule has 1 aromatic carbocycles. The normalized spacial score (nSPS) is 21.9. The minimum atomic E-state index is -1.46. The lowest BCUT2D eigenvalue weighted by Gasteiger charge is -2.33. The van der Waals surface area contributed by atoms with Gasteiger partial charge in [0.25, 0.3) is 5.56 Å². The highest BCUT2D eigenvalue weighted by molar-refractivity contribution is 6.32. The fourth-order valence-electron chi connectivity index (χ4n) is 5.90. The van der Waals surface area contributed by atoms with Crippen LogP contribution in [0.5, 0.6) is 0 Å². The number of aliphatic hydroxyl groups is 1. The van der Waals surface area contributed by atoms with Crippen molar-refractivity contribution in [2.24, 2.45) is 0 Å². The number of carbonyl (C=O) groups excluding carboxylic acids is 1. The summed E-state index contributed by atoms with van der Waals surface area (Å²) in [7, 11) is 2.14. The number of piperazine rings is 1. The Morgan fingerprint density at radius 2 is 1.89 bits per heavy atom. The summed E-state index contributed by atoms with van der Waals surface area (Å²) in [6.07, 6.45) is 0.112. The summed E-state index contributed by atoms with van der Waals surface area (Å²) in [6, 6.07) is 5.86. The van der Waals surface area contributed by atoms with Gasteiger partial charge in [-0.25, -0.2) is 4.98 Å². The van der Waals surface area contributed by atoms with Gasteiger partial charge >= 0.3 is 5.97 Å². The number of aryl methyl sites for hydroxylation is 1. The molecule has 9 heteroatoms. The molecular weight excluding hydrogens is 492 g/mol. The van der Waals surface area contributed by atoms with E-state index in [4.69, 9.17) is 21.3 Å². The average molecular weight is 523 g/mol. The number of benzene rings is 1. The van der Waals surface area contributed by atoms with Gasteiger partial charge in [0, 0.05) is 48.7 Å². The van der Waals surface area contributed by atoms with Gasteiger partial charge in [-0.15, -0.1) is 0 Å². The zero-order chi connectivity index (χ0) is 26.1. The second kappa shape index (κ2) is 8.91. The van der Waals surface area contributed by atoms with Crippen LogP contribution in [0.4, 0.5) is 0 Å². The Labute approximate surface area is 220 Å². The van der Waals surface area contributed by atoms with Crippen molar-refractivity contribution in [2.45, 2.75) is 52.0 Å². The van der Waals surface area contributed by atoms with Crippen LogP contribution in [0.25, 0.3) is 22.3 Å². The molecule has 0 aliphatic carbocycles. The first-order valence-corrected chi connectivity index (χ1v) is 13.2. The van der Waals surface area contributed by atoms with E-state index in [2.05, 4.69) is 22.9 Å². The number of ether oxygens (including phenoxy) is 1. The number of cyclic esters (lactones) is 1. The highest BCUT2D eigenvalue weighted by Crippen LogP contribution is 2.41. The highest BCUT2D eigenvalue weighted by atomic mass is 35.5. The molecule has 194 valence electrons. The van der Waals surface area contributed by atoms with Crippen molar-refractivity contribution in [2.75, 3.05) is 33.2 Å². The van der Waals surface area contributed by atoms with Crippen LogP contribution in [0.1, 0.15) is 47.6 Å². The van der Waals surface area contributed by atoms with Gasteiger partial charge in [-0.2, -0.15) is 0 Å². The predicted octanol–water partition coefficient (Wildman–Crippen LogP) is 3.18. The van der Waals surface area contributed by atoms with Gasteiger partial charge in [-0.1, -0.05) is 18.5 Å². The highest BCUT2D eigenvalue weighted by Gasteiger charge is 2.40. The van der Waals surface area contributed by atoms with Crippen LogP contribution < -0.4 is 5.56 Å². The fraction of sp³-hybridized carbons (Fsp3) is 0.464. The molecule has 2 aromatic heterocycles. The first-order chi connectivity index (χ1) is 17.7. The second-order valence-corrected chi connectivity index (χ2v) is 11.1. The summed E-state index contributed by atoms with van der Waals surface area (Å²) in [5.74, 6) is -0.505. The molecule has 1 atom stereocenters. The summed E-state index contributed by atoms with van der Waals surface area (Å²) in [4.78, 5) is 35.8. The summed E-state index contributed by atoms with van der Waals surface area (Å²) < 4.78 is 7.03. The quantitative estimate of drug-likeness (QED) is 0.413. The minimum Gasteiger partial charge on any atom is -0.460 e. The number of rotatable bonds is 3. The number of carbonyl (C=O) groups is 1. The van der Waals surface area contributed by atoms with Gasteiger partial charge in [0.2, 0.25) is 0 Å². The molecule has 0 radical (unpaired) electrons. The lowest BCUT2D eigenvalue weighted by atomic mass is 9.85. The molecular formula is C28H31ClN4O4. The lowest BCUT2D eigenvalue weighted by molar-refractivity contribution is -0.149. The fourth-order valence-corrected chi connectivity index (χ4v) is 6.06. The number of likely N-dealkylation sites (N-methyl/N-ethyl adjacent to an activating group) is 1. The number of aromatic nitrogens is 2. The van der Waals surface area contributed by atoms with Gasteiger partial charge in [0.15, 0.2) is 0 Å². The van der Waals surface area contributed by atoms with Crippen molar-refractivity contribution in [1.29, 1.82) is 0 Å². The number of hydrogen-bond donors (Lipinski definition) is 1. The number of fused-ring (bicyclic) bond motifs is 5. The standard InChI is InChI=1S/C28H31ClN4O4/c1-4-28(36)12-25(34)37-15-20-21(28)10-24-26-19(14-33(24)27(20)35)18(13-32-7-5-31(3)6-8-32)17-9-16(2)22(29)11-23(17)30-26/h9-11,36H,4-8,12-15H2,1-3H3/t28-/m1/s1. The molecule has 6 rings (SSSR count). The number of halogens is 1. The zero-order valence-electron chi connectivity index (χ0n) is 21.4. The first-order valence-electron chi connectivity index (χ1n) is 12.9. The Balaban J connectivity index is 1.56. The monoisotopic (exact) mass is 522 g/mol. The van der Waals surface area contributed by atoms with E-state index in [1.165, 1.54) is 5.56 Å². The van der Waals surface area contributed by atoms with Crippen molar-refractivity contribution < 1.29 is 14.6 Å². The van der Waals surface area contributed by atoms with Gasteiger partial charge in [0.1, 0.15) is 12.2 Å². The van der Waals surface area contributed by atoms with E-state index in [1.54, 1.807) is 4.57 Å². The van der Waals surface area contributed by atoms with E-state index in [0.29, 0.717) is 34.8 Å². The molecule has 1 fully saturated rings. The molecule has 3 aliphatic rings. The largest absolute Gasteiger partial charge is 0.460 e. The molecule has 8 nitrogen and oxygen atoms in total. The van der Waals surface area contributed by atoms with Crippen molar-refractivity contribution in [3.8, 4) is 11.4 Å². The molecule has 0 unspecified atom stereocenters. The SMILES string of the molecule is CC[C@@]1(O)CC(=O)OCc2c1cc1n(c2=O)Cc2c-1nc1cc(Cl)c(C)cc1c2CN1CCN(C)CC1. The molecule has 37 heavy (non-hydrogen) atoms. The molecule has 1 saturated heterocycles. The molecule has 0 saturated carbocycles. The summed E-state index contributed by atoms with van der Waals surface area (Å²) in [5, 5.41) is 13.1. The Morgan fingerprint density at radius 1 is 1.14 bits per heavy atom. The van der Waals surface area contributed by atoms with Crippen LogP contribution in [-0.2, 0) is 34.8 Å². The predicted molar refractivity (Wildman–Crippen MR) is 142 cm³/mol. The third kappa shape index (κ3) is 3.98. The van der Waals surface area contributed by atoms with Gasteiger partial charge in [-0.3, -0.25) is 14.5 Å². The van der Waals surface area contributed by atoms with Crippen LogP contribution in [0.2, 0.25) is 5.02 Å². The van der Waals surface area contributed by atoms with Crippen molar-refractivity contribution in [3.05, 3.63) is 61.4 Å². The zero-order valence-corrected chi connectivity index (χ0v) is 22.2. The van der Waals surface area contributed by atoms with E-state index in [-0.39, 0.29) is 18.6 Å². The van der Waals surface area contributed by atoms with Crippen LogP contribution in [-0.4, -0.2) is 63.7 Å². The Kier molecular flexibility index (Phi) is 5.91. The van der Waals surface area contributed by atoms with Gasteiger partial charge in [-0.05, 0) is 55.3 Å². The minimum absolute atomic E-state index is 0.135. The summed E-state index contributed by atoms with van der Waals surface area (Å²) in [6.45, 7) is 8.79. The molecule has 1 N–H and O–H groups in total. The van der Waals surface area contributed by atoms with Crippen LogP contribution in [0.3, 0.4) is 0 Å². The molecule has 0 amide bonds. The second-order valence-electron chi connectivity index (χ2n) is 10.7. The number of nitrogens with zero attached hydrogens (tertiary/aromatic N) is 4. The molecule has 0 bridgehead atoms. The van der Waals surface area contributed by atoms with Gasteiger partial charge in [0.05, 0.1) is 35.4 Å². The van der Waals surface area contributed by atoms with Crippen molar-refractivity contribution >= 4 is 28.5 Å². The number of pyridine rings is 2.